The van der Waals surface area contributed by atoms with Crippen LogP contribution in [0.2, 0.25) is 0 Å². The fourth-order valence-electron chi connectivity index (χ4n) is 3.39. The fourth-order valence-corrected chi connectivity index (χ4v) is 3.39. The summed E-state index contributed by atoms with van der Waals surface area (Å²) in [4.78, 5) is 4.48. The molecule has 2 atom stereocenters. The molecule has 4 heteroatoms. The Balaban J connectivity index is 2.17. The molecule has 1 N–H and O–H groups in total. The molecule has 1 aliphatic carbocycles. The van der Waals surface area contributed by atoms with Crippen molar-refractivity contribution in [3.8, 4) is 6.07 Å². The van der Waals surface area contributed by atoms with Gasteiger partial charge in [-0.2, -0.15) is 5.26 Å². The molecule has 0 spiro atoms. The van der Waals surface area contributed by atoms with E-state index >= 15 is 0 Å². The summed E-state index contributed by atoms with van der Waals surface area (Å²) >= 11 is 0. The molecule has 1 aromatic heterocycles. The Morgan fingerprint density at radius 1 is 1.60 bits per heavy atom. The van der Waals surface area contributed by atoms with Crippen molar-refractivity contribution < 1.29 is 0 Å². The highest BCUT2D eigenvalue weighted by Crippen LogP contribution is 2.36. The SMILES string of the molecule is CCCc1nccn1C1CCCC(C#N)(NC(C)C)C1. The Labute approximate surface area is 122 Å². The lowest BCUT2D eigenvalue weighted by atomic mass is 9.79. The molecule has 110 valence electrons. The van der Waals surface area contributed by atoms with E-state index in [0.717, 1.165) is 44.3 Å². The molecule has 0 radical (unpaired) electrons. The molecule has 0 amide bonds. The Bertz CT molecular complexity index is 471. The van der Waals surface area contributed by atoms with Crippen LogP contribution in [-0.2, 0) is 6.42 Å². The summed E-state index contributed by atoms with van der Waals surface area (Å²) in [6.07, 6.45) is 10.2. The molecule has 2 rings (SSSR count). The maximum atomic E-state index is 9.64. The fraction of sp³-hybridized carbons (Fsp3) is 0.750. The average Bonchev–Trinajstić information content (AvgIpc) is 2.87. The first-order valence-corrected chi connectivity index (χ1v) is 7.81. The third-order valence-corrected chi connectivity index (χ3v) is 4.12. The van der Waals surface area contributed by atoms with Crippen LogP contribution >= 0.6 is 0 Å². The van der Waals surface area contributed by atoms with E-state index in [1.165, 1.54) is 0 Å². The normalized spacial score (nSPS) is 26.6. The van der Waals surface area contributed by atoms with Crippen LogP contribution in [0, 0.1) is 11.3 Å². The number of hydrogen-bond donors (Lipinski definition) is 1. The number of nitriles is 1. The first-order chi connectivity index (χ1) is 9.60. The van der Waals surface area contributed by atoms with E-state index < -0.39 is 0 Å². The third kappa shape index (κ3) is 3.21. The molecule has 0 bridgehead atoms. The molecule has 0 saturated heterocycles. The van der Waals surface area contributed by atoms with E-state index in [-0.39, 0.29) is 5.54 Å². The summed E-state index contributed by atoms with van der Waals surface area (Å²) in [6.45, 7) is 6.41. The molecule has 1 heterocycles. The summed E-state index contributed by atoms with van der Waals surface area (Å²) in [6, 6.07) is 3.29. The molecular weight excluding hydrogens is 248 g/mol. The summed E-state index contributed by atoms with van der Waals surface area (Å²) in [7, 11) is 0. The van der Waals surface area contributed by atoms with Gasteiger partial charge < -0.3 is 4.57 Å². The second-order valence-corrected chi connectivity index (χ2v) is 6.24. The molecule has 1 aromatic rings. The van der Waals surface area contributed by atoms with E-state index in [1.807, 2.05) is 6.20 Å². The molecule has 1 saturated carbocycles. The number of aryl methyl sites for hydroxylation is 1. The number of nitrogens with zero attached hydrogens (tertiary/aromatic N) is 3. The van der Waals surface area contributed by atoms with E-state index in [2.05, 4.69) is 47.9 Å². The minimum Gasteiger partial charge on any atom is -0.332 e. The van der Waals surface area contributed by atoms with Gasteiger partial charge in [0.1, 0.15) is 11.4 Å². The van der Waals surface area contributed by atoms with Crippen LogP contribution in [0.25, 0.3) is 0 Å². The van der Waals surface area contributed by atoms with Gasteiger partial charge in [0, 0.05) is 30.9 Å². The van der Waals surface area contributed by atoms with Gasteiger partial charge in [-0.1, -0.05) is 6.92 Å². The van der Waals surface area contributed by atoms with Gasteiger partial charge in [0.05, 0.1) is 6.07 Å². The van der Waals surface area contributed by atoms with Crippen LogP contribution in [0.15, 0.2) is 12.4 Å². The van der Waals surface area contributed by atoms with Crippen molar-refractivity contribution in [1.29, 1.82) is 5.26 Å². The summed E-state index contributed by atoms with van der Waals surface area (Å²) in [5, 5.41) is 13.1. The molecule has 1 aliphatic rings. The largest absolute Gasteiger partial charge is 0.332 e. The zero-order valence-corrected chi connectivity index (χ0v) is 12.9. The predicted octanol–water partition coefficient (Wildman–Crippen LogP) is 3.21. The second kappa shape index (κ2) is 6.41. The third-order valence-electron chi connectivity index (χ3n) is 4.12. The lowest BCUT2D eigenvalue weighted by molar-refractivity contribution is 0.216. The highest BCUT2D eigenvalue weighted by molar-refractivity contribution is 5.12. The molecule has 0 aromatic carbocycles. The first kappa shape index (κ1) is 15.1. The van der Waals surface area contributed by atoms with Crippen LogP contribution in [0.1, 0.15) is 64.7 Å². The van der Waals surface area contributed by atoms with Gasteiger partial charge in [-0.3, -0.25) is 5.32 Å². The Kier molecular flexibility index (Phi) is 4.82. The quantitative estimate of drug-likeness (QED) is 0.897. The van der Waals surface area contributed by atoms with E-state index in [0.29, 0.717) is 12.1 Å². The van der Waals surface area contributed by atoms with Gasteiger partial charge in [-0.05, 0) is 46.0 Å². The molecule has 0 aliphatic heterocycles. The van der Waals surface area contributed by atoms with Gasteiger partial charge in [0.2, 0.25) is 0 Å². The van der Waals surface area contributed by atoms with Crippen molar-refractivity contribution >= 4 is 0 Å². The van der Waals surface area contributed by atoms with Crippen LogP contribution in [0.5, 0.6) is 0 Å². The standard InChI is InChI=1S/C16H26N4/c1-4-6-15-18-9-10-20(15)14-7-5-8-16(11-14,12-17)19-13(2)3/h9-10,13-14,19H,4-8,11H2,1-3H3. The second-order valence-electron chi connectivity index (χ2n) is 6.24. The van der Waals surface area contributed by atoms with Crippen LogP contribution in [0.4, 0.5) is 0 Å². The molecule has 1 fully saturated rings. The minimum atomic E-state index is -0.370. The summed E-state index contributed by atoms with van der Waals surface area (Å²) in [5.74, 6) is 1.16. The van der Waals surface area contributed by atoms with Crippen molar-refractivity contribution in [1.82, 2.24) is 14.9 Å². The highest BCUT2D eigenvalue weighted by atomic mass is 15.1. The number of nitrogens with one attached hydrogen (secondary N) is 1. The van der Waals surface area contributed by atoms with Gasteiger partial charge in [-0.15, -0.1) is 0 Å². The highest BCUT2D eigenvalue weighted by Gasteiger charge is 2.37. The van der Waals surface area contributed by atoms with E-state index in [1.54, 1.807) is 0 Å². The Morgan fingerprint density at radius 3 is 3.05 bits per heavy atom. The van der Waals surface area contributed by atoms with Gasteiger partial charge in [-0.25, -0.2) is 4.98 Å². The number of rotatable bonds is 5. The van der Waals surface area contributed by atoms with E-state index in [4.69, 9.17) is 0 Å². The van der Waals surface area contributed by atoms with Crippen LogP contribution < -0.4 is 5.32 Å². The van der Waals surface area contributed by atoms with Crippen LogP contribution in [0.3, 0.4) is 0 Å². The average molecular weight is 274 g/mol. The summed E-state index contributed by atoms with van der Waals surface area (Å²) < 4.78 is 2.30. The van der Waals surface area contributed by atoms with Crippen molar-refractivity contribution in [2.45, 2.75) is 76.9 Å². The van der Waals surface area contributed by atoms with Crippen molar-refractivity contribution in [2.24, 2.45) is 0 Å². The van der Waals surface area contributed by atoms with Crippen molar-refractivity contribution in [3.05, 3.63) is 18.2 Å². The minimum absolute atomic E-state index is 0.339. The molecule has 20 heavy (non-hydrogen) atoms. The Morgan fingerprint density at radius 2 is 2.40 bits per heavy atom. The summed E-state index contributed by atoms with van der Waals surface area (Å²) in [5.41, 5.74) is -0.370. The van der Waals surface area contributed by atoms with Crippen molar-refractivity contribution in [3.63, 3.8) is 0 Å². The smallest absolute Gasteiger partial charge is 0.108 e. The van der Waals surface area contributed by atoms with Gasteiger partial charge in [0.15, 0.2) is 0 Å². The Hall–Kier alpha value is -1.34. The lowest BCUT2D eigenvalue weighted by Gasteiger charge is -2.38. The number of hydrogen-bond acceptors (Lipinski definition) is 3. The van der Waals surface area contributed by atoms with Crippen molar-refractivity contribution in [2.75, 3.05) is 0 Å². The van der Waals surface area contributed by atoms with Crippen LogP contribution in [-0.4, -0.2) is 21.1 Å². The number of imidazole rings is 1. The zero-order chi connectivity index (χ0) is 14.6. The monoisotopic (exact) mass is 274 g/mol. The van der Waals surface area contributed by atoms with Gasteiger partial charge in [0.25, 0.3) is 0 Å². The zero-order valence-electron chi connectivity index (χ0n) is 12.9. The maximum absolute atomic E-state index is 9.64. The topological polar surface area (TPSA) is 53.6 Å². The first-order valence-electron chi connectivity index (χ1n) is 7.81. The molecular formula is C16H26N4. The maximum Gasteiger partial charge on any atom is 0.108 e. The van der Waals surface area contributed by atoms with Gasteiger partial charge >= 0.3 is 0 Å². The lowest BCUT2D eigenvalue weighted by Crippen LogP contribution is -2.50. The molecule has 4 nitrogen and oxygen atoms in total. The van der Waals surface area contributed by atoms with E-state index in [9.17, 15) is 5.26 Å². The predicted molar refractivity (Wildman–Crippen MR) is 80.3 cm³/mol. The number of aromatic nitrogens is 2. The molecule has 2 unspecified atom stereocenters.